The molecule has 2 N–H and O–H groups in total. The van der Waals surface area contributed by atoms with Gasteiger partial charge in [0.05, 0.1) is 16.9 Å². The lowest BCUT2D eigenvalue weighted by molar-refractivity contribution is -0.128. The summed E-state index contributed by atoms with van der Waals surface area (Å²) in [6.07, 6.45) is 2.44. The Bertz CT molecular complexity index is 731. The number of esters is 1. The van der Waals surface area contributed by atoms with Gasteiger partial charge in [0.2, 0.25) is 5.91 Å². The lowest BCUT2D eigenvalue weighted by Gasteiger charge is -2.33. The molecule has 7 nitrogen and oxygen atoms in total. The summed E-state index contributed by atoms with van der Waals surface area (Å²) in [4.78, 5) is 38.3. The summed E-state index contributed by atoms with van der Waals surface area (Å²) in [5, 5.41) is 5.42. The van der Waals surface area contributed by atoms with Gasteiger partial charge in [-0.1, -0.05) is 6.08 Å². The number of carbonyl (C=O) groups is 3. The molecule has 0 aromatic heterocycles. The Morgan fingerprint density at radius 1 is 1.52 bits per heavy atom. The van der Waals surface area contributed by atoms with Crippen molar-refractivity contribution < 1.29 is 19.1 Å². The molecule has 132 valence electrons. The molecule has 3 rings (SSSR count). The fraction of sp³-hybridized carbons (Fsp3) is 0.389. The molecule has 0 spiro atoms. The predicted molar refractivity (Wildman–Crippen MR) is 93.5 cm³/mol. The summed E-state index contributed by atoms with van der Waals surface area (Å²) < 4.78 is 5.19. The van der Waals surface area contributed by atoms with Gasteiger partial charge in [0.25, 0.3) is 5.91 Å². The zero-order valence-corrected chi connectivity index (χ0v) is 14.1. The van der Waals surface area contributed by atoms with Crippen LogP contribution in [0.1, 0.15) is 30.1 Å². The normalized spacial score (nSPS) is 19.3. The first-order valence-electron chi connectivity index (χ1n) is 8.32. The van der Waals surface area contributed by atoms with Gasteiger partial charge in [-0.05, 0) is 38.0 Å². The standard InChI is InChI=1S/C18H21N3O4/c1-3-8-19-16(22)11(2)25-18(24)12-6-7-14-13(10-12)20-17(23)15-5-4-9-21(14)15/h3,6-7,10-11,15H,1,4-5,8-9H2,2H3,(H,19,22)(H,20,23)/t11-,15-/m0/s1. The van der Waals surface area contributed by atoms with Crippen molar-refractivity contribution >= 4 is 29.2 Å². The smallest absolute Gasteiger partial charge is 0.338 e. The van der Waals surface area contributed by atoms with Crippen LogP contribution in [0.5, 0.6) is 0 Å². The maximum atomic E-state index is 12.3. The third-order valence-corrected chi connectivity index (χ3v) is 4.43. The van der Waals surface area contributed by atoms with E-state index in [1.54, 1.807) is 18.2 Å². The Morgan fingerprint density at radius 3 is 3.08 bits per heavy atom. The van der Waals surface area contributed by atoms with Crippen LogP contribution < -0.4 is 15.5 Å². The Kier molecular flexibility index (Phi) is 4.74. The topological polar surface area (TPSA) is 87.7 Å². The van der Waals surface area contributed by atoms with Crippen molar-refractivity contribution in [3.8, 4) is 0 Å². The van der Waals surface area contributed by atoms with Gasteiger partial charge in [0.15, 0.2) is 6.10 Å². The van der Waals surface area contributed by atoms with Crippen LogP contribution in [0.2, 0.25) is 0 Å². The van der Waals surface area contributed by atoms with Crippen molar-refractivity contribution in [3.63, 3.8) is 0 Å². The van der Waals surface area contributed by atoms with Crippen molar-refractivity contribution in [3.05, 3.63) is 36.4 Å². The van der Waals surface area contributed by atoms with Gasteiger partial charge in [-0.15, -0.1) is 6.58 Å². The molecule has 1 aromatic carbocycles. The van der Waals surface area contributed by atoms with E-state index in [1.807, 2.05) is 6.07 Å². The summed E-state index contributed by atoms with van der Waals surface area (Å²) >= 11 is 0. The van der Waals surface area contributed by atoms with Gasteiger partial charge in [-0.3, -0.25) is 9.59 Å². The third kappa shape index (κ3) is 3.35. The average molecular weight is 343 g/mol. The van der Waals surface area contributed by atoms with E-state index in [4.69, 9.17) is 4.74 Å². The first kappa shape index (κ1) is 17.0. The van der Waals surface area contributed by atoms with E-state index >= 15 is 0 Å². The molecule has 1 aromatic rings. The first-order valence-corrected chi connectivity index (χ1v) is 8.32. The summed E-state index contributed by atoms with van der Waals surface area (Å²) in [7, 11) is 0. The Balaban J connectivity index is 1.72. The van der Waals surface area contributed by atoms with E-state index in [2.05, 4.69) is 22.1 Å². The third-order valence-electron chi connectivity index (χ3n) is 4.43. The number of carbonyl (C=O) groups excluding carboxylic acids is 3. The number of ether oxygens (including phenoxy) is 1. The largest absolute Gasteiger partial charge is 0.449 e. The zero-order valence-electron chi connectivity index (χ0n) is 14.1. The summed E-state index contributed by atoms with van der Waals surface area (Å²) in [5.41, 5.74) is 1.80. The minimum atomic E-state index is -0.916. The molecular formula is C18H21N3O4. The second-order valence-electron chi connectivity index (χ2n) is 6.15. The second-order valence-corrected chi connectivity index (χ2v) is 6.15. The molecule has 0 saturated carbocycles. The highest BCUT2D eigenvalue weighted by molar-refractivity contribution is 6.05. The SMILES string of the molecule is C=CCNC(=O)[C@H](C)OC(=O)c1ccc2c(c1)NC(=O)[C@@H]1CCCN21. The lowest BCUT2D eigenvalue weighted by Crippen LogP contribution is -2.44. The number of benzene rings is 1. The number of nitrogens with zero attached hydrogens (tertiary/aromatic N) is 1. The van der Waals surface area contributed by atoms with E-state index in [1.165, 1.54) is 6.92 Å². The highest BCUT2D eigenvalue weighted by atomic mass is 16.5. The van der Waals surface area contributed by atoms with E-state index in [0.29, 0.717) is 17.8 Å². The minimum absolute atomic E-state index is 0.0484. The van der Waals surface area contributed by atoms with Crippen LogP contribution in [0.15, 0.2) is 30.9 Å². The lowest BCUT2D eigenvalue weighted by atomic mass is 10.1. The number of hydrogen-bond donors (Lipinski definition) is 2. The Hall–Kier alpha value is -2.83. The zero-order chi connectivity index (χ0) is 18.0. The summed E-state index contributed by atoms with van der Waals surface area (Å²) in [5.74, 6) is -1.05. The summed E-state index contributed by atoms with van der Waals surface area (Å²) in [6, 6.07) is 4.94. The molecule has 0 bridgehead atoms. The van der Waals surface area contributed by atoms with Crippen molar-refractivity contribution in [2.75, 3.05) is 23.3 Å². The molecule has 2 heterocycles. The molecule has 25 heavy (non-hydrogen) atoms. The minimum Gasteiger partial charge on any atom is -0.449 e. The number of anilines is 2. The fourth-order valence-corrected chi connectivity index (χ4v) is 3.16. The number of rotatable bonds is 5. The predicted octanol–water partition coefficient (Wildman–Crippen LogP) is 1.45. The molecule has 0 radical (unpaired) electrons. The maximum absolute atomic E-state index is 12.3. The van der Waals surface area contributed by atoms with Crippen LogP contribution >= 0.6 is 0 Å². The van der Waals surface area contributed by atoms with Crippen LogP contribution in [-0.4, -0.2) is 43.0 Å². The van der Waals surface area contributed by atoms with Crippen molar-refractivity contribution in [2.24, 2.45) is 0 Å². The Labute approximate surface area is 146 Å². The fourth-order valence-electron chi connectivity index (χ4n) is 3.16. The van der Waals surface area contributed by atoms with Gasteiger partial charge in [0.1, 0.15) is 6.04 Å². The number of fused-ring (bicyclic) bond motifs is 3. The highest BCUT2D eigenvalue weighted by Gasteiger charge is 2.36. The van der Waals surface area contributed by atoms with Crippen LogP contribution in [0.3, 0.4) is 0 Å². The van der Waals surface area contributed by atoms with Gasteiger partial charge < -0.3 is 20.3 Å². The van der Waals surface area contributed by atoms with Gasteiger partial charge in [0, 0.05) is 13.1 Å². The highest BCUT2D eigenvalue weighted by Crippen LogP contribution is 2.37. The van der Waals surface area contributed by atoms with Gasteiger partial charge >= 0.3 is 5.97 Å². The number of nitrogens with one attached hydrogen (secondary N) is 2. The molecule has 2 aliphatic rings. The number of amides is 2. The van der Waals surface area contributed by atoms with Crippen LogP contribution in [0, 0.1) is 0 Å². The van der Waals surface area contributed by atoms with Gasteiger partial charge in [-0.25, -0.2) is 4.79 Å². The van der Waals surface area contributed by atoms with Gasteiger partial charge in [-0.2, -0.15) is 0 Å². The van der Waals surface area contributed by atoms with Crippen molar-refractivity contribution in [2.45, 2.75) is 31.9 Å². The average Bonchev–Trinajstić information content (AvgIpc) is 3.09. The number of hydrogen-bond acceptors (Lipinski definition) is 5. The van der Waals surface area contributed by atoms with E-state index in [-0.39, 0.29) is 17.9 Å². The van der Waals surface area contributed by atoms with Crippen molar-refractivity contribution in [1.82, 2.24) is 5.32 Å². The molecule has 0 unspecified atom stereocenters. The summed E-state index contributed by atoms with van der Waals surface area (Å²) in [6.45, 7) is 6.15. The molecule has 1 fully saturated rings. The molecule has 2 atom stereocenters. The van der Waals surface area contributed by atoms with E-state index < -0.39 is 12.1 Å². The molecule has 2 aliphatic heterocycles. The quantitative estimate of drug-likeness (QED) is 0.624. The maximum Gasteiger partial charge on any atom is 0.338 e. The second kappa shape index (κ2) is 6.96. The van der Waals surface area contributed by atoms with E-state index in [9.17, 15) is 14.4 Å². The molecule has 0 aliphatic carbocycles. The molecule has 7 heteroatoms. The van der Waals surface area contributed by atoms with Crippen molar-refractivity contribution in [1.29, 1.82) is 0 Å². The Morgan fingerprint density at radius 2 is 2.32 bits per heavy atom. The van der Waals surface area contributed by atoms with Crippen LogP contribution in [-0.2, 0) is 14.3 Å². The molecule has 1 saturated heterocycles. The monoisotopic (exact) mass is 343 g/mol. The molecule has 2 amide bonds. The molecular weight excluding hydrogens is 322 g/mol. The van der Waals surface area contributed by atoms with Crippen LogP contribution in [0.25, 0.3) is 0 Å². The van der Waals surface area contributed by atoms with Crippen LogP contribution in [0.4, 0.5) is 11.4 Å². The van der Waals surface area contributed by atoms with E-state index in [0.717, 1.165) is 25.1 Å². The first-order chi connectivity index (χ1) is 12.0.